The molecule has 1 aliphatic carbocycles. The number of amides is 2. The predicted octanol–water partition coefficient (Wildman–Crippen LogP) is 3.83. The summed E-state index contributed by atoms with van der Waals surface area (Å²) in [4.78, 5) is 28.8. The molecule has 33 heavy (non-hydrogen) atoms. The van der Waals surface area contributed by atoms with Crippen molar-refractivity contribution in [3.05, 3.63) is 77.4 Å². The number of nitrogens with zero attached hydrogens (tertiary/aromatic N) is 2. The van der Waals surface area contributed by atoms with Crippen molar-refractivity contribution in [2.45, 2.75) is 32.0 Å². The molecule has 0 atom stereocenters. The number of fused-ring (bicyclic) bond motifs is 1. The van der Waals surface area contributed by atoms with Crippen molar-refractivity contribution in [3.63, 3.8) is 0 Å². The molecule has 0 heterocycles. The van der Waals surface area contributed by atoms with Crippen LogP contribution in [0.2, 0.25) is 0 Å². The molecule has 0 radical (unpaired) electrons. The van der Waals surface area contributed by atoms with E-state index in [2.05, 4.69) is 28.4 Å². The van der Waals surface area contributed by atoms with Crippen LogP contribution in [-0.4, -0.2) is 55.4 Å². The molecule has 0 unspecified atom stereocenters. The summed E-state index contributed by atoms with van der Waals surface area (Å²) in [7, 11) is 5.16. The molecule has 0 aromatic heterocycles. The number of hydrogen-bond acceptors (Lipinski definition) is 4. The summed E-state index contributed by atoms with van der Waals surface area (Å²) in [6, 6.07) is 20.4. The van der Waals surface area contributed by atoms with Gasteiger partial charge in [0.2, 0.25) is 5.91 Å². The summed E-state index contributed by atoms with van der Waals surface area (Å²) in [6.07, 6.45) is 2.25. The summed E-state index contributed by atoms with van der Waals surface area (Å²) < 4.78 is 5.30. The molecule has 4 rings (SSSR count). The van der Waals surface area contributed by atoms with E-state index in [0.717, 1.165) is 40.5 Å². The molecular weight excluding hydrogens is 414 g/mol. The minimum absolute atomic E-state index is 0.0924. The first-order chi connectivity index (χ1) is 16.0. The van der Waals surface area contributed by atoms with E-state index < -0.39 is 0 Å². The largest absolute Gasteiger partial charge is 0.497 e. The molecule has 0 bridgehead atoms. The maximum atomic E-state index is 13.0. The third-order valence-corrected chi connectivity index (χ3v) is 6.19. The van der Waals surface area contributed by atoms with Gasteiger partial charge in [-0.15, -0.1) is 0 Å². The van der Waals surface area contributed by atoms with E-state index in [1.807, 2.05) is 49.5 Å². The van der Waals surface area contributed by atoms with E-state index in [1.54, 1.807) is 19.1 Å². The lowest BCUT2D eigenvalue weighted by atomic mass is 10.1. The Morgan fingerprint density at radius 1 is 0.939 bits per heavy atom. The summed E-state index contributed by atoms with van der Waals surface area (Å²) in [5, 5.41) is 4.89. The molecule has 1 N–H and O–H groups in total. The van der Waals surface area contributed by atoms with E-state index in [9.17, 15) is 9.59 Å². The molecular formula is C27H31N3O3. The van der Waals surface area contributed by atoms with Crippen LogP contribution in [0.15, 0.2) is 60.7 Å². The molecule has 2 amide bonds. The SMILES string of the molecule is CNC(=O)c1ccc(CN(CC(=O)N(C)Cc2ccc3cc(OC)ccc3c2)C2CC2)cc1. The van der Waals surface area contributed by atoms with Crippen LogP contribution in [0, 0.1) is 0 Å². The Hall–Kier alpha value is -3.38. The highest BCUT2D eigenvalue weighted by atomic mass is 16.5. The number of nitrogens with one attached hydrogen (secondary N) is 1. The lowest BCUT2D eigenvalue weighted by Gasteiger charge is -2.25. The zero-order valence-corrected chi connectivity index (χ0v) is 19.5. The molecule has 6 nitrogen and oxygen atoms in total. The number of rotatable bonds is 9. The highest BCUT2D eigenvalue weighted by molar-refractivity contribution is 5.94. The zero-order chi connectivity index (χ0) is 23.4. The van der Waals surface area contributed by atoms with Gasteiger partial charge in [-0.05, 0) is 65.1 Å². The van der Waals surface area contributed by atoms with Crippen LogP contribution in [0.4, 0.5) is 0 Å². The van der Waals surface area contributed by atoms with Crippen LogP contribution in [0.1, 0.15) is 34.3 Å². The van der Waals surface area contributed by atoms with Crippen molar-refractivity contribution in [1.29, 1.82) is 0 Å². The van der Waals surface area contributed by atoms with Crippen LogP contribution < -0.4 is 10.1 Å². The number of methoxy groups -OCH3 is 1. The van der Waals surface area contributed by atoms with Crippen LogP contribution in [0.3, 0.4) is 0 Å². The maximum absolute atomic E-state index is 13.0. The van der Waals surface area contributed by atoms with Crippen LogP contribution in [-0.2, 0) is 17.9 Å². The molecule has 0 aliphatic heterocycles. The second-order valence-corrected chi connectivity index (χ2v) is 8.71. The lowest BCUT2D eigenvalue weighted by Crippen LogP contribution is -2.38. The van der Waals surface area contributed by atoms with Gasteiger partial charge in [-0.1, -0.05) is 30.3 Å². The first-order valence-corrected chi connectivity index (χ1v) is 11.3. The maximum Gasteiger partial charge on any atom is 0.251 e. The number of likely N-dealkylation sites (N-methyl/N-ethyl adjacent to an activating group) is 1. The van der Waals surface area contributed by atoms with Gasteiger partial charge in [0.25, 0.3) is 5.91 Å². The van der Waals surface area contributed by atoms with Gasteiger partial charge >= 0.3 is 0 Å². The predicted molar refractivity (Wildman–Crippen MR) is 130 cm³/mol. The summed E-state index contributed by atoms with van der Waals surface area (Å²) in [5.41, 5.74) is 2.85. The quantitative estimate of drug-likeness (QED) is 0.544. The van der Waals surface area contributed by atoms with Crippen molar-refractivity contribution >= 4 is 22.6 Å². The minimum Gasteiger partial charge on any atom is -0.497 e. The molecule has 172 valence electrons. The Kier molecular flexibility index (Phi) is 6.94. The Bertz CT molecular complexity index is 1140. The fourth-order valence-electron chi connectivity index (χ4n) is 4.05. The van der Waals surface area contributed by atoms with Crippen molar-refractivity contribution < 1.29 is 14.3 Å². The van der Waals surface area contributed by atoms with Crippen LogP contribution in [0.5, 0.6) is 5.75 Å². The van der Waals surface area contributed by atoms with Gasteiger partial charge in [-0.3, -0.25) is 14.5 Å². The molecule has 3 aromatic carbocycles. The molecule has 1 saturated carbocycles. The number of benzene rings is 3. The van der Waals surface area contributed by atoms with Gasteiger partial charge in [0.05, 0.1) is 13.7 Å². The molecule has 6 heteroatoms. The number of carbonyl (C=O) groups is 2. The average molecular weight is 446 g/mol. The van der Waals surface area contributed by atoms with Crippen molar-refractivity contribution in [1.82, 2.24) is 15.1 Å². The molecule has 1 aliphatic rings. The van der Waals surface area contributed by atoms with Crippen molar-refractivity contribution in [3.8, 4) is 5.75 Å². The molecule has 0 saturated heterocycles. The summed E-state index contributed by atoms with van der Waals surface area (Å²) >= 11 is 0. The zero-order valence-electron chi connectivity index (χ0n) is 19.5. The number of carbonyl (C=O) groups excluding carboxylic acids is 2. The molecule has 3 aromatic rings. The van der Waals surface area contributed by atoms with Gasteiger partial charge < -0.3 is 15.0 Å². The van der Waals surface area contributed by atoms with E-state index in [-0.39, 0.29) is 11.8 Å². The van der Waals surface area contributed by atoms with Gasteiger partial charge in [0, 0.05) is 38.8 Å². The fraction of sp³-hybridized carbons (Fsp3) is 0.333. The van der Waals surface area contributed by atoms with Gasteiger partial charge in [-0.2, -0.15) is 0 Å². The Morgan fingerprint density at radius 3 is 2.27 bits per heavy atom. The summed E-state index contributed by atoms with van der Waals surface area (Å²) in [6.45, 7) is 1.67. The fourth-order valence-corrected chi connectivity index (χ4v) is 4.05. The van der Waals surface area contributed by atoms with E-state index in [4.69, 9.17) is 4.74 Å². The van der Waals surface area contributed by atoms with Crippen molar-refractivity contribution in [2.24, 2.45) is 0 Å². The van der Waals surface area contributed by atoms with Gasteiger partial charge in [0.15, 0.2) is 0 Å². The average Bonchev–Trinajstić information content (AvgIpc) is 3.68. The highest BCUT2D eigenvalue weighted by Crippen LogP contribution is 2.28. The first kappa shape index (κ1) is 22.8. The van der Waals surface area contributed by atoms with Gasteiger partial charge in [-0.25, -0.2) is 0 Å². The monoisotopic (exact) mass is 445 g/mol. The Balaban J connectivity index is 1.38. The van der Waals surface area contributed by atoms with E-state index in [1.165, 1.54) is 0 Å². The second kappa shape index (κ2) is 10.0. The van der Waals surface area contributed by atoms with Crippen LogP contribution in [0.25, 0.3) is 10.8 Å². The number of hydrogen-bond donors (Lipinski definition) is 1. The Labute approximate surface area is 195 Å². The Morgan fingerprint density at radius 2 is 1.61 bits per heavy atom. The highest BCUT2D eigenvalue weighted by Gasteiger charge is 2.31. The second-order valence-electron chi connectivity index (χ2n) is 8.71. The summed E-state index contributed by atoms with van der Waals surface area (Å²) in [5.74, 6) is 0.856. The van der Waals surface area contributed by atoms with Crippen molar-refractivity contribution in [2.75, 3.05) is 27.7 Å². The first-order valence-electron chi connectivity index (χ1n) is 11.3. The molecule has 0 spiro atoms. The molecule has 1 fully saturated rings. The normalized spacial score (nSPS) is 13.2. The van der Waals surface area contributed by atoms with E-state index >= 15 is 0 Å². The minimum atomic E-state index is -0.0924. The topological polar surface area (TPSA) is 61.9 Å². The lowest BCUT2D eigenvalue weighted by molar-refractivity contribution is -0.132. The number of ether oxygens (including phenoxy) is 1. The smallest absolute Gasteiger partial charge is 0.251 e. The van der Waals surface area contributed by atoms with Crippen LogP contribution >= 0.6 is 0 Å². The third-order valence-electron chi connectivity index (χ3n) is 6.19. The third kappa shape index (κ3) is 5.71. The standard InChI is InChI=1S/C27H31N3O3/c1-28-27(32)21-7-4-19(5-8-21)17-30(24-11-12-24)18-26(31)29(2)16-20-6-9-23-15-25(33-3)13-10-22(23)14-20/h4-10,13-15,24H,11-12,16-18H2,1-3H3,(H,28,32). The van der Waals surface area contributed by atoms with Gasteiger partial charge in [0.1, 0.15) is 5.75 Å². The van der Waals surface area contributed by atoms with E-state index in [0.29, 0.717) is 31.2 Å².